The molecule has 0 saturated heterocycles. The van der Waals surface area contributed by atoms with Crippen LogP contribution in [0.1, 0.15) is 32.4 Å². The van der Waals surface area contributed by atoms with E-state index in [2.05, 4.69) is 36.4 Å². The number of hydrogen-bond donors (Lipinski definition) is 2. The van der Waals surface area contributed by atoms with Crippen LogP contribution in [0.25, 0.3) is 0 Å². The highest BCUT2D eigenvalue weighted by Crippen LogP contribution is 2.21. The molecule has 1 rings (SSSR count). The average molecular weight is 467 g/mol. The zero-order chi connectivity index (χ0) is 18.2. The molecule has 1 aromatic rings. The van der Waals surface area contributed by atoms with Crippen LogP contribution >= 0.6 is 24.0 Å². The second kappa shape index (κ2) is 11.6. The molecule has 0 spiro atoms. The van der Waals surface area contributed by atoms with Crippen molar-refractivity contribution in [2.45, 2.75) is 33.0 Å². The Kier molecular flexibility index (Phi) is 11.2. The van der Waals surface area contributed by atoms with Crippen LogP contribution in [0.15, 0.2) is 29.3 Å². The van der Waals surface area contributed by atoms with Gasteiger partial charge < -0.3 is 20.1 Å². The molecule has 0 aliphatic carbocycles. The Morgan fingerprint density at radius 3 is 2.08 bits per heavy atom. The van der Waals surface area contributed by atoms with E-state index >= 15 is 0 Å². The molecular weight excluding hydrogens is 436 g/mol. The van der Waals surface area contributed by atoms with Gasteiger partial charge in [0.25, 0.3) is 0 Å². The van der Waals surface area contributed by atoms with Crippen LogP contribution in [0.5, 0.6) is 0 Å². The summed E-state index contributed by atoms with van der Waals surface area (Å²) in [5.74, 6) is 0.414. The van der Waals surface area contributed by atoms with E-state index in [0.717, 1.165) is 5.56 Å². The molecule has 0 bridgehead atoms. The average Bonchev–Trinajstić information content (AvgIpc) is 2.54. The van der Waals surface area contributed by atoms with Gasteiger partial charge in [-0.25, -0.2) is 4.39 Å². The first-order valence-corrected chi connectivity index (χ1v) is 8.07. The first-order chi connectivity index (χ1) is 11.3. The third kappa shape index (κ3) is 8.33. The summed E-state index contributed by atoms with van der Waals surface area (Å²) >= 11 is 0. The fourth-order valence-corrected chi connectivity index (χ4v) is 2.36. The molecule has 0 saturated carbocycles. The highest BCUT2D eigenvalue weighted by atomic mass is 127. The predicted octanol–water partition coefficient (Wildman–Crippen LogP) is 3.36. The molecule has 5 nitrogen and oxygen atoms in total. The summed E-state index contributed by atoms with van der Waals surface area (Å²) in [6.45, 7) is 7.57. The Hall–Kier alpha value is -0.930. The first kappa shape index (κ1) is 24.1. The summed E-state index contributed by atoms with van der Waals surface area (Å²) in [6, 6.07) is 6.31. The lowest BCUT2D eigenvalue weighted by atomic mass is 9.89. The molecule has 0 aliphatic heterocycles. The molecule has 0 radical (unpaired) electrons. The van der Waals surface area contributed by atoms with Crippen LogP contribution < -0.4 is 10.6 Å². The summed E-state index contributed by atoms with van der Waals surface area (Å²) < 4.78 is 24.0. The fourth-order valence-electron chi connectivity index (χ4n) is 2.36. The van der Waals surface area contributed by atoms with E-state index in [1.54, 1.807) is 33.4 Å². The molecular formula is C18H31FIN3O2. The number of ether oxygens (including phenoxy) is 2. The van der Waals surface area contributed by atoms with Crippen LogP contribution in [-0.2, 0) is 9.47 Å². The van der Waals surface area contributed by atoms with Crippen molar-refractivity contribution in [2.24, 2.45) is 10.4 Å². The smallest absolute Gasteiger partial charge is 0.191 e. The monoisotopic (exact) mass is 467 g/mol. The van der Waals surface area contributed by atoms with E-state index in [9.17, 15) is 4.39 Å². The Balaban J connectivity index is 0.00000576. The van der Waals surface area contributed by atoms with Crippen molar-refractivity contribution in [3.63, 3.8) is 0 Å². The second-order valence-corrected chi connectivity index (χ2v) is 6.70. The summed E-state index contributed by atoms with van der Waals surface area (Å²) in [5.41, 5.74) is 0.940. The summed E-state index contributed by atoms with van der Waals surface area (Å²) in [5, 5.41) is 6.49. The van der Waals surface area contributed by atoms with Gasteiger partial charge in [-0.05, 0) is 23.1 Å². The summed E-state index contributed by atoms with van der Waals surface area (Å²) in [6.07, 6.45) is -0.128. The normalized spacial score (nSPS) is 14.4. The maximum absolute atomic E-state index is 13.0. The largest absolute Gasteiger partial charge is 0.379 e. The quantitative estimate of drug-likeness (QED) is 0.367. The van der Waals surface area contributed by atoms with Crippen molar-refractivity contribution < 1.29 is 13.9 Å². The van der Waals surface area contributed by atoms with Gasteiger partial charge in [-0.1, -0.05) is 32.9 Å². The number of benzene rings is 1. The van der Waals surface area contributed by atoms with Gasteiger partial charge in [-0.3, -0.25) is 4.99 Å². The third-order valence-corrected chi connectivity index (χ3v) is 3.91. The number of aliphatic imine (C=N–C) groups is 1. The predicted molar refractivity (Wildman–Crippen MR) is 111 cm³/mol. The lowest BCUT2D eigenvalue weighted by Crippen LogP contribution is -2.46. The second-order valence-electron chi connectivity index (χ2n) is 6.70. The van der Waals surface area contributed by atoms with Crippen molar-refractivity contribution in [3.8, 4) is 0 Å². The summed E-state index contributed by atoms with van der Waals surface area (Å²) in [7, 11) is 5.06. The minimum Gasteiger partial charge on any atom is -0.379 e. The number of halogens is 2. The topological polar surface area (TPSA) is 54.9 Å². The number of nitrogens with one attached hydrogen (secondary N) is 2. The van der Waals surface area contributed by atoms with Crippen LogP contribution in [0, 0.1) is 11.2 Å². The maximum Gasteiger partial charge on any atom is 0.191 e. The molecule has 1 aromatic carbocycles. The van der Waals surface area contributed by atoms with Crippen LogP contribution in [0.3, 0.4) is 0 Å². The van der Waals surface area contributed by atoms with Crippen molar-refractivity contribution >= 4 is 29.9 Å². The molecule has 0 fully saturated rings. The number of guanidine groups is 1. The molecule has 7 heteroatoms. The van der Waals surface area contributed by atoms with Gasteiger partial charge in [0, 0.05) is 34.4 Å². The van der Waals surface area contributed by atoms with E-state index < -0.39 is 0 Å². The van der Waals surface area contributed by atoms with Gasteiger partial charge in [0.2, 0.25) is 0 Å². The molecule has 144 valence electrons. The Bertz CT molecular complexity index is 518. The first-order valence-electron chi connectivity index (χ1n) is 8.07. The highest BCUT2D eigenvalue weighted by molar-refractivity contribution is 14.0. The van der Waals surface area contributed by atoms with Gasteiger partial charge in [0.1, 0.15) is 5.82 Å². The zero-order valence-electron chi connectivity index (χ0n) is 15.9. The van der Waals surface area contributed by atoms with E-state index in [0.29, 0.717) is 19.0 Å². The van der Waals surface area contributed by atoms with Crippen molar-refractivity contribution in [3.05, 3.63) is 35.6 Å². The number of hydrogen-bond acceptors (Lipinski definition) is 3. The Morgan fingerprint density at radius 1 is 1.08 bits per heavy atom. The number of nitrogens with zero attached hydrogens (tertiary/aromatic N) is 1. The third-order valence-electron chi connectivity index (χ3n) is 3.91. The minimum absolute atomic E-state index is 0. The molecule has 0 heterocycles. The zero-order valence-corrected chi connectivity index (χ0v) is 18.3. The van der Waals surface area contributed by atoms with Crippen molar-refractivity contribution in [2.75, 3.05) is 34.4 Å². The molecule has 25 heavy (non-hydrogen) atoms. The van der Waals surface area contributed by atoms with Crippen LogP contribution in [-0.4, -0.2) is 46.4 Å². The molecule has 2 unspecified atom stereocenters. The Morgan fingerprint density at radius 2 is 1.64 bits per heavy atom. The molecule has 2 atom stereocenters. The van der Waals surface area contributed by atoms with Gasteiger partial charge in [-0.15, -0.1) is 24.0 Å². The van der Waals surface area contributed by atoms with Gasteiger partial charge in [0.15, 0.2) is 5.96 Å². The Labute approximate surface area is 167 Å². The van der Waals surface area contributed by atoms with Gasteiger partial charge in [0.05, 0.1) is 12.2 Å². The number of methoxy groups -OCH3 is 2. The lowest BCUT2D eigenvalue weighted by molar-refractivity contribution is 0.0204. The van der Waals surface area contributed by atoms with Crippen LogP contribution in [0.4, 0.5) is 4.39 Å². The van der Waals surface area contributed by atoms with E-state index in [-0.39, 0.29) is 47.4 Å². The summed E-state index contributed by atoms with van der Waals surface area (Å²) in [4.78, 5) is 4.21. The highest BCUT2D eigenvalue weighted by Gasteiger charge is 2.24. The number of rotatable bonds is 7. The van der Waals surface area contributed by atoms with E-state index in [1.165, 1.54) is 12.1 Å². The minimum atomic E-state index is -0.258. The fraction of sp³-hybridized carbons (Fsp3) is 0.611. The van der Waals surface area contributed by atoms with Gasteiger partial charge in [-0.2, -0.15) is 0 Å². The molecule has 0 aromatic heterocycles. The van der Waals surface area contributed by atoms with Crippen molar-refractivity contribution in [1.29, 1.82) is 0 Å². The van der Waals surface area contributed by atoms with Crippen LogP contribution in [0.2, 0.25) is 0 Å². The van der Waals surface area contributed by atoms with Crippen molar-refractivity contribution in [1.82, 2.24) is 10.6 Å². The maximum atomic E-state index is 13.0. The van der Waals surface area contributed by atoms with Gasteiger partial charge >= 0.3 is 0 Å². The standard InChI is InChI=1S/C18H30FN3O2.HI/c1-18(2,3)16(24-6)12-22-17(20-4)21-11-15(23-5)13-7-9-14(19)10-8-13;/h7-10,15-16H,11-12H2,1-6H3,(H2,20,21,22);1H. The lowest BCUT2D eigenvalue weighted by Gasteiger charge is -2.30. The molecule has 0 amide bonds. The molecule has 2 N–H and O–H groups in total. The SMILES string of the molecule is CN=C(NCC(OC)c1ccc(F)cc1)NCC(OC)C(C)(C)C.I. The molecule has 0 aliphatic rings. The van der Waals surface area contributed by atoms with E-state index in [4.69, 9.17) is 9.47 Å². The van der Waals surface area contributed by atoms with E-state index in [1.807, 2.05) is 0 Å².